The van der Waals surface area contributed by atoms with Gasteiger partial charge in [0.15, 0.2) is 0 Å². The summed E-state index contributed by atoms with van der Waals surface area (Å²) in [6, 6.07) is 7.94. The molecule has 0 heterocycles. The summed E-state index contributed by atoms with van der Waals surface area (Å²) in [6.07, 6.45) is 9.10. The van der Waals surface area contributed by atoms with Crippen molar-refractivity contribution in [2.24, 2.45) is 11.8 Å². The number of benzene rings is 1. The van der Waals surface area contributed by atoms with Gasteiger partial charge in [0, 0.05) is 6.04 Å². The van der Waals surface area contributed by atoms with Gasteiger partial charge in [0.1, 0.15) is 11.9 Å². The van der Waals surface area contributed by atoms with Crippen LogP contribution in [0.4, 0.5) is 10.5 Å². The van der Waals surface area contributed by atoms with E-state index in [2.05, 4.69) is 31.2 Å². The van der Waals surface area contributed by atoms with Crippen molar-refractivity contribution in [3.63, 3.8) is 0 Å². The lowest BCUT2D eigenvalue weighted by Gasteiger charge is -2.50. The third-order valence-electron chi connectivity index (χ3n) is 6.32. The highest BCUT2D eigenvalue weighted by atomic mass is 35.5. The molecule has 0 aliphatic heterocycles. The molecular formula is C23H37ClN2O3. The number of rotatable bonds is 9. The van der Waals surface area contributed by atoms with Gasteiger partial charge in [0.25, 0.3) is 0 Å². The van der Waals surface area contributed by atoms with Crippen LogP contribution in [0.2, 0.25) is 0 Å². The van der Waals surface area contributed by atoms with E-state index < -0.39 is 0 Å². The Morgan fingerprint density at radius 2 is 1.76 bits per heavy atom. The molecule has 4 rings (SSSR count). The fourth-order valence-corrected chi connectivity index (χ4v) is 4.91. The van der Waals surface area contributed by atoms with Crippen LogP contribution in [0.25, 0.3) is 0 Å². The van der Waals surface area contributed by atoms with Crippen molar-refractivity contribution in [3.05, 3.63) is 24.3 Å². The highest BCUT2D eigenvalue weighted by Gasteiger charge is 2.46. The fraction of sp³-hybridized carbons (Fsp3) is 0.696. The van der Waals surface area contributed by atoms with Gasteiger partial charge >= 0.3 is 6.09 Å². The number of nitrogens with one attached hydrogen (secondary N) is 1. The summed E-state index contributed by atoms with van der Waals surface area (Å²) in [4.78, 5) is 14.9. The number of ether oxygens (including phenoxy) is 2. The maximum absolute atomic E-state index is 12.7. The summed E-state index contributed by atoms with van der Waals surface area (Å²) < 4.78 is 11.9. The van der Waals surface area contributed by atoms with Crippen molar-refractivity contribution < 1.29 is 14.3 Å². The first-order chi connectivity index (χ1) is 13.6. The van der Waals surface area contributed by atoms with Crippen LogP contribution >= 0.6 is 12.4 Å². The first-order valence-corrected chi connectivity index (χ1v) is 11.0. The Morgan fingerprint density at radius 3 is 2.45 bits per heavy atom. The van der Waals surface area contributed by atoms with Crippen molar-refractivity contribution in [3.8, 4) is 5.75 Å². The third kappa shape index (κ3) is 6.26. The number of halogens is 1. The number of carbonyl (C=O) groups is 1. The number of nitrogens with zero attached hydrogens (tertiary/aromatic N) is 1. The Kier molecular flexibility index (Phi) is 9.57. The van der Waals surface area contributed by atoms with E-state index >= 15 is 0 Å². The smallest absolute Gasteiger partial charge is 0.412 e. The van der Waals surface area contributed by atoms with Crippen LogP contribution in [0.3, 0.4) is 0 Å². The number of carbonyl (C=O) groups excluding carboxylic acids is 1. The number of fused-ring (bicyclic) bond motifs is 3. The largest absolute Gasteiger partial charge is 0.491 e. The average molecular weight is 425 g/mol. The van der Waals surface area contributed by atoms with Crippen LogP contribution in [-0.2, 0) is 4.74 Å². The summed E-state index contributed by atoms with van der Waals surface area (Å²) in [7, 11) is 4.20. The van der Waals surface area contributed by atoms with Crippen molar-refractivity contribution in [2.45, 2.75) is 70.4 Å². The third-order valence-corrected chi connectivity index (χ3v) is 6.32. The van der Waals surface area contributed by atoms with Crippen LogP contribution in [0.5, 0.6) is 5.75 Å². The van der Waals surface area contributed by atoms with Crippen LogP contribution < -0.4 is 10.1 Å². The van der Waals surface area contributed by atoms with E-state index in [1.807, 2.05) is 24.3 Å². The molecule has 3 aliphatic rings. The topological polar surface area (TPSA) is 50.8 Å². The molecule has 3 aliphatic carbocycles. The van der Waals surface area contributed by atoms with Crippen LogP contribution in [-0.4, -0.2) is 43.8 Å². The Balaban J connectivity index is 0.00000300. The minimum Gasteiger partial charge on any atom is -0.491 e. The van der Waals surface area contributed by atoms with E-state index in [-0.39, 0.29) is 24.6 Å². The van der Waals surface area contributed by atoms with Gasteiger partial charge < -0.3 is 14.4 Å². The van der Waals surface area contributed by atoms with Crippen LogP contribution in [0.15, 0.2) is 24.3 Å². The van der Waals surface area contributed by atoms with Crippen LogP contribution in [0, 0.1) is 11.8 Å². The van der Waals surface area contributed by atoms with Crippen LogP contribution in [0.1, 0.15) is 58.3 Å². The molecule has 1 aromatic carbocycles. The molecule has 2 bridgehead atoms. The summed E-state index contributed by atoms with van der Waals surface area (Å²) in [6.45, 7) is 2.87. The molecule has 0 unspecified atom stereocenters. The number of hydrogen-bond acceptors (Lipinski definition) is 4. The fourth-order valence-electron chi connectivity index (χ4n) is 4.91. The van der Waals surface area contributed by atoms with E-state index in [9.17, 15) is 4.79 Å². The average Bonchev–Trinajstić information content (AvgIpc) is 2.69. The minimum atomic E-state index is -0.369. The molecule has 0 spiro atoms. The van der Waals surface area contributed by atoms with E-state index in [4.69, 9.17) is 9.47 Å². The molecule has 0 aromatic heterocycles. The highest BCUT2D eigenvalue weighted by Crippen LogP contribution is 2.44. The molecule has 6 heteroatoms. The molecule has 0 saturated heterocycles. The zero-order valence-corrected chi connectivity index (χ0v) is 18.9. The van der Waals surface area contributed by atoms with E-state index in [1.54, 1.807) is 0 Å². The molecule has 0 radical (unpaired) electrons. The number of hydrogen-bond donors (Lipinski definition) is 1. The van der Waals surface area contributed by atoms with Crippen molar-refractivity contribution in [1.29, 1.82) is 0 Å². The number of unbranched alkanes of at least 4 members (excludes halogenated alkanes) is 3. The Bertz CT molecular complexity index is 632. The van der Waals surface area contributed by atoms with Crippen molar-refractivity contribution >= 4 is 24.2 Å². The maximum Gasteiger partial charge on any atom is 0.412 e. The second-order valence-electron chi connectivity index (χ2n) is 8.53. The first-order valence-electron chi connectivity index (χ1n) is 11.0. The number of anilines is 1. The number of amides is 1. The van der Waals surface area contributed by atoms with Gasteiger partial charge in [-0.3, -0.25) is 5.32 Å². The summed E-state index contributed by atoms with van der Waals surface area (Å²) in [5.41, 5.74) is 0.686. The minimum absolute atomic E-state index is 0. The standard InChI is InChI=1S/C23H36N2O3.ClH/c1-4-5-6-9-16-27-20-11-8-7-10-19(20)24-23(26)28-22-18-14-12-17(13-15-18)21(22)25(2)3;/h7-8,10-11,17-18,21-22H,4-6,9,12-16H2,1-3H3,(H,24,26);1H/t17?,18?,21-,22+;/m1./s1. The molecule has 1 aromatic rings. The molecule has 1 N–H and O–H groups in total. The molecule has 29 heavy (non-hydrogen) atoms. The lowest BCUT2D eigenvalue weighted by atomic mass is 9.65. The molecule has 3 saturated carbocycles. The van der Waals surface area contributed by atoms with Gasteiger partial charge in [-0.05, 0) is 70.2 Å². The lowest BCUT2D eigenvalue weighted by Crippen LogP contribution is -2.56. The Hall–Kier alpha value is -1.46. The quantitative estimate of drug-likeness (QED) is 0.514. The van der Waals surface area contributed by atoms with Crippen molar-refractivity contribution in [2.75, 3.05) is 26.0 Å². The lowest BCUT2D eigenvalue weighted by molar-refractivity contribution is -0.0703. The van der Waals surface area contributed by atoms with Gasteiger partial charge in [0.05, 0.1) is 12.3 Å². The van der Waals surface area contributed by atoms with Gasteiger partial charge in [-0.1, -0.05) is 38.3 Å². The molecule has 2 atom stereocenters. The number of para-hydroxylation sites is 2. The summed E-state index contributed by atoms with van der Waals surface area (Å²) in [5.74, 6) is 1.83. The summed E-state index contributed by atoms with van der Waals surface area (Å²) >= 11 is 0. The highest BCUT2D eigenvalue weighted by molar-refractivity contribution is 5.86. The van der Waals surface area contributed by atoms with Gasteiger partial charge in [-0.25, -0.2) is 4.79 Å². The van der Waals surface area contributed by atoms with Gasteiger partial charge in [-0.2, -0.15) is 0 Å². The van der Waals surface area contributed by atoms with Gasteiger partial charge in [0.2, 0.25) is 0 Å². The Morgan fingerprint density at radius 1 is 1.07 bits per heavy atom. The van der Waals surface area contributed by atoms with E-state index in [0.29, 0.717) is 35.9 Å². The molecule has 164 valence electrons. The monoisotopic (exact) mass is 424 g/mol. The van der Waals surface area contributed by atoms with Gasteiger partial charge in [-0.15, -0.1) is 12.4 Å². The predicted molar refractivity (Wildman–Crippen MR) is 120 cm³/mol. The van der Waals surface area contributed by atoms with E-state index in [0.717, 1.165) is 6.42 Å². The predicted octanol–water partition coefficient (Wildman–Crippen LogP) is 5.73. The summed E-state index contributed by atoms with van der Waals surface area (Å²) in [5, 5.41) is 2.92. The molecule has 1 amide bonds. The zero-order valence-electron chi connectivity index (χ0n) is 18.1. The Labute approximate surface area is 181 Å². The normalized spacial score (nSPS) is 25.4. The molecular weight excluding hydrogens is 388 g/mol. The number of likely N-dealkylation sites (N-methyl/N-ethyl adjacent to an activating group) is 1. The van der Waals surface area contributed by atoms with E-state index in [1.165, 1.54) is 44.9 Å². The second-order valence-corrected chi connectivity index (χ2v) is 8.53. The first kappa shape index (κ1) is 23.8. The second kappa shape index (κ2) is 11.7. The molecule has 3 fully saturated rings. The molecule has 5 nitrogen and oxygen atoms in total. The zero-order chi connectivity index (χ0) is 19.9. The SMILES string of the molecule is CCCCCCOc1ccccc1NC(=O)O[C@H]1C2CCC(CC2)[C@H]1N(C)C.Cl. The maximum atomic E-state index is 12.7. The van der Waals surface area contributed by atoms with Crippen molar-refractivity contribution in [1.82, 2.24) is 4.90 Å².